The highest BCUT2D eigenvalue weighted by Gasteiger charge is 2.17. The van der Waals surface area contributed by atoms with Crippen LogP contribution in [0.25, 0.3) is 0 Å². The standard InChI is InChI=1S/C10H14O2/c1-6-4-9(5-10(11)12)8(3)7(6)2/h4-5H2,1-3H3,(H,11,12). The highest BCUT2D eigenvalue weighted by Crippen LogP contribution is 2.32. The zero-order chi connectivity index (χ0) is 9.30. The molecule has 1 aliphatic carbocycles. The third-order valence-corrected chi connectivity index (χ3v) is 2.58. The first-order valence-corrected chi connectivity index (χ1v) is 4.09. The maximum Gasteiger partial charge on any atom is 0.307 e. The van der Waals surface area contributed by atoms with Crippen molar-refractivity contribution in [2.24, 2.45) is 0 Å². The molecule has 0 bridgehead atoms. The molecule has 66 valence electrons. The van der Waals surface area contributed by atoms with Crippen LogP contribution >= 0.6 is 0 Å². The Morgan fingerprint density at radius 1 is 1.33 bits per heavy atom. The monoisotopic (exact) mass is 166 g/mol. The Kier molecular flexibility index (Phi) is 2.36. The predicted molar refractivity (Wildman–Crippen MR) is 47.9 cm³/mol. The molecule has 2 heteroatoms. The Morgan fingerprint density at radius 3 is 2.25 bits per heavy atom. The van der Waals surface area contributed by atoms with E-state index in [1.54, 1.807) is 0 Å². The Morgan fingerprint density at radius 2 is 1.92 bits per heavy atom. The lowest BCUT2D eigenvalue weighted by molar-refractivity contribution is -0.136. The second-order valence-corrected chi connectivity index (χ2v) is 3.38. The van der Waals surface area contributed by atoms with Crippen LogP contribution < -0.4 is 0 Å². The van der Waals surface area contributed by atoms with Crippen LogP contribution in [0.3, 0.4) is 0 Å². The average Bonchev–Trinajstić information content (AvgIpc) is 2.17. The van der Waals surface area contributed by atoms with Gasteiger partial charge in [-0.25, -0.2) is 0 Å². The lowest BCUT2D eigenvalue weighted by atomic mass is 10.1. The van der Waals surface area contributed by atoms with Crippen LogP contribution in [0.1, 0.15) is 33.6 Å². The fraction of sp³-hybridized carbons (Fsp3) is 0.500. The third kappa shape index (κ3) is 1.58. The molecular formula is C10H14O2. The van der Waals surface area contributed by atoms with E-state index in [2.05, 4.69) is 13.8 Å². The second kappa shape index (κ2) is 3.13. The van der Waals surface area contributed by atoms with Gasteiger partial charge < -0.3 is 5.11 Å². The van der Waals surface area contributed by atoms with E-state index >= 15 is 0 Å². The molecule has 1 rings (SSSR count). The summed E-state index contributed by atoms with van der Waals surface area (Å²) in [6.45, 7) is 6.12. The molecule has 0 spiro atoms. The number of hydrogen-bond donors (Lipinski definition) is 1. The van der Waals surface area contributed by atoms with Crippen LogP contribution in [0.15, 0.2) is 22.3 Å². The summed E-state index contributed by atoms with van der Waals surface area (Å²) in [5, 5.41) is 8.61. The highest BCUT2D eigenvalue weighted by atomic mass is 16.4. The number of carbonyl (C=O) groups is 1. The first-order valence-electron chi connectivity index (χ1n) is 4.09. The number of hydrogen-bond acceptors (Lipinski definition) is 1. The summed E-state index contributed by atoms with van der Waals surface area (Å²) in [6, 6.07) is 0. The van der Waals surface area contributed by atoms with Gasteiger partial charge in [-0.2, -0.15) is 0 Å². The Balaban J connectivity index is 2.80. The van der Waals surface area contributed by atoms with Gasteiger partial charge in [0.1, 0.15) is 0 Å². The quantitative estimate of drug-likeness (QED) is 0.684. The first kappa shape index (κ1) is 9.04. The van der Waals surface area contributed by atoms with Gasteiger partial charge in [-0.05, 0) is 38.3 Å². The maximum absolute atomic E-state index is 10.5. The molecule has 0 aromatic rings. The Bertz CT molecular complexity index is 278. The van der Waals surface area contributed by atoms with Crippen molar-refractivity contribution >= 4 is 5.97 Å². The molecular weight excluding hydrogens is 152 g/mol. The van der Waals surface area contributed by atoms with Gasteiger partial charge >= 0.3 is 5.97 Å². The van der Waals surface area contributed by atoms with Crippen molar-refractivity contribution in [2.45, 2.75) is 33.6 Å². The predicted octanol–water partition coefficient (Wildman–Crippen LogP) is 2.52. The minimum absolute atomic E-state index is 0.195. The summed E-state index contributed by atoms with van der Waals surface area (Å²) < 4.78 is 0. The van der Waals surface area contributed by atoms with E-state index in [4.69, 9.17) is 5.11 Å². The summed E-state index contributed by atoms with van der Waals surface area (Å²) >= 11 is 0. The van der Waals surface area contributed by atoms with Crippen LogP contribution in [-0.2, 0) is 4.79 Å². The molecule has 0 saturated carbocycles. The van der Waals surface area contributed by atoms with Gasteiger partial charge in [0.25, 0.3) is 0 Å². The molecule has 0 fully saturated rings. The molecule has 0 aromatic heterocycles. The van der Waals surface area contributed by atoms with Gasteiger partial charge in [0, 0.05) is 0 Å². The number of carboxylic acids is 1. The SMILES string of the molecule is CC1=C(C)C(C)=C(CC(=O)O)C1. The Hall–Kier alpha value is -1.05. The molecule has 2 nitrogen and oxygen atoms in total. The lowest BCUT2D eigenvalue weighted by Crippen LogP contribution is -1.97. The fourth-order valence-electron chi connectivity index (χ4n) is 1.55. The zero-order valence-corrected chi connectivity index (χ0v) is 7.77. The fourth-order valence-corrected chi connectivity index (χ4v) is 1.55. The van der Waals surface area contributed by atoms with E-state index in [9.17, 15) is 4.79 Å². The molecule has 0 amide bonds. The van der Waals surface area contributed by atoms with Crippen molar-refractivity contribution in [1.82, 2.24) is 0 Å². The van der Waals surface area contributed by atoms with Gasteiger partial charge in [0.15, 0.2) is 0 Å². The second-order valence-electron chi connectivity index (χ2n) is 3.38. The van der Waals surface area contributed by atoms with E-state index in [0.717, 1.165) is 12.0 Å². The van der Waals surface area contributed by atoms with E-state index in [1.807, 2.05) is 6.92 Å². The van der Waals surface area contributed by atoms with E-state index in [0.29, 0.717) is 0 Å². The van der Waals surface area contributed by atoms with E-state index < -0.39 is 5.97 Å². The van der Waals surface area contributed by atoms with E-state index in [1.165, 1.54) is 16.7 Å². The van der Waals surface area contributed by atoms with E-state index in [-0.39, 0.29) is 6.42 Å². The van der Waals surface area contributed by atoms with Crippen molar-refractivity contribution < 1.29 is 9.90 Å². The van der Waals surface area contributed by atoms with Crippen molar-refractivity contribution in [3.05, 3.63) is 22.3 Å². The molecule has 0 aromatic carbocycles. The van der Waals surface area contributed by atoms with Crippen LogP contribution in [0.4, 0.5) is 0 Å². The average molecular weight is 166 g/mol. The summed E-state index contributed by atoms with van der Waals surface area (Å²) in [4.78, 5) is 10.5. The Labute approximate surface area is 72.6 Å². The number of rotatable bonds is 2. The molecule has 0 aliphatic heterocycles. The highest BCUT2D eigenvalue weighted by molar-refractivity contribution is 5.71. The molecule has 12 heavy (non-hydrogen) atoms. The van der Waals surface area contributed by atoms with Crippen LogP contribution in [-0.4, -0.2) is 11.1 Å². The van der Waals surface area contributed by atoms with Gasteiger partial charge in [-0.3, -0.25) is 4.79 Å². The zero-order valence-electron chi connectivity index (χ0n) is 7.77. The van der Waals surface area contributed by atoms with Crippen molar-refractivity contribution in [3.8, 4) is 0 Å². The van der Waals surface area contributed by atoms with Gasteiger partial charge in [0.05, 0.1) is 6.42 Å². The van der Waals surface area contributed by atoms with Crippen LogP contribution in [0.5, 0.6) is 0 Å². The van der Waals surface area contributed by atoms with Crippen molar-refractivity contribution in [3.63, 3.8) is 0 Å². The largest absolute Gasteiger partial charge is 0.481 e. The topological polar surface area (TPSA) is 37.3 Å². The minimum Gasteiger partial charge on any atom is -0.481 e. The number of aliphatic carboxylic acids is 1. The minimum atomic E-state index is -0.730. The summed E-state index contributed by atoms with van der Waals surface area (Å²) in [6.07, 6.45) is 1.05. The van der Waals surface area contributed by atoms with Gasteiger partial charge in [-0.15, -0.1) is 0 Å². The molecule has 0 radical (unpaired) electrons. The van der Waals surface area contributed by atoms with Crippen molar-refractivity contribution in [1.29, 1.82) is 0 Å². The molecule has 1 aliphatic rings. The normalized spacial score (nSPS) is 17.6. The van der Waals surface area contributed by atoms with Gasteiger partial charge in [-0.1, -0.05) is 11.1 Å². The summed E-state index contributed by atoms with van der Waals surface area (Å²) in [5.41, 5.74) is 4.82. The number of carboxylic acid groups (broad SMARTS) is 1. The smallest absolute Gasteiger partial charge is 0.307 e. The molecule has 0 atom stereocenters. The molecule has 0 unspecified atom stereocenters. The number of allylic oxidation sites excluding steroid dienone is 3. The van der Waals surface area contributed by atoms with Crippen molar-refractivity contribution in [2.75, 3.05) is 0 Å². The molecule has 1 N–H and O–H groups in total. The maximum atomic E-state index is 10.5. The summed E-state index contributed by atoms with van der Waals surface area (Å²) in [7, 11) is 0. The van der Waals surface area contributed by atoms with Crippen LogP contribution in [0.2, 0.25) is 0 Å². The van der Waals surface area contributed by atoms with Gasteiger partial charge in [0.2, 0.25) is 0 Å². The first-order chi connectivity index (χ1) is 5.52. The third-order valence-electron chi connectivity index (χ3n) is 2.58. The lowest BCUT2D eigenvalue weighted by Gasteiger charge is -1.99. The molecule has 0 saturated heterocycles. The summed E-state index contributed by atoms with van der Waals surface area (Å²) in [5.74, 6) is -0.730. The molecule has 0 heterocycles. The van der Waals surface area contributed by atoms with Crippen LogP contribution in [0, 0.1) is 0 Å².